The molecule has 22 heavy (non-hydrogen) atoms. The third kappa shape index (κ3) is 2.92. The van der Waals surface area contributed by atoms with E-state index in [-0.39, 0.29) is 16.2 Å². The molecule has 2 aliphatic heterocycles. The topological polar surface area (TPSA) is 74.1 Å². The zero-order valence-electron chi connectivity index (χ0n) is 12.6. The van der Waals surface area contributed by atoms with Crippen LogP contribution in [0.1, 0.15) is 12.0 Å². The molecule has 7 nitrogen and oxygen atoms in total. The molecule has 2 heterocycles. The van der Waals surface area contributed by atoms with Crippen molar-refractivity contribution in [2.24, 2.45) is 0 Å². The van der Waals surface area contributed by atoms with Crippen LogP contribution in [0.2, 0.25) is 0 Å². The Morgan fingerprint density at radius 3 is 3.00 bits per heavy atom. The summed E-state index contributed by atoms with van der Waals surface area (Å²) in [5.41, 5.74) is 1.64. The number of methoxy groups -OCH3 is 1. The molecule has 0 radical (unpaired) electrons. The van der Waals surface area contributed by atoms with Crippen LogP contribution in [-0.4, -0.2) is 50.5 Å². The van der Waals surface area contributed by atoms with E-state index in [1.54, 1.807) is 25.3 Å². The van der Waals surface area contributed by atoms with Gasteiger partial charge in [0.2, 0.25) is 0 Å². The number of morpholine rings is 1. The highest BCUT2D eigenvalue weighted by Gasteiger charge is 2.40. The van der Waals surface area contributed by atoms with Crippen molar-refractivity contribution in [2.75, 3.05) is 44.9 Å². The van der Waals surface area contributed by atoms with Crippen LogP contribution in [0.3, 0.4) is 0 Å². The SMILES string of the molecule is COCc1cc([N+](=O)[O-])ccc1N1CCOC2(CCOC2)C1. The molecule has 1 spiro atoms. The Bertz CT molecular complexity index is 557. The maximum absolute atomic E-state index is 11.0. The van der Waals surface area contributed by atoms with Gasteiger partial charge in [0.25, 0.3) is 5.69 Å². The highest BCUT2D eigenvalue weighted by Crippen LogP contribution is 2.33. The molecule has 120 valence electrons. The number of nitro benzene ring substituents is 1. The predicted octanol–water partition coefficient (Wildman–Crippen LogP) is 1.74. The van der Waals surface area contributed by atoms with Gasteiger partial charge in [-0.05, 0) is 6.07 Å². The largest absolute Gasteiger partial charge is 0.380 e. The van der Waals surface area contributed by atoms with Crippen LogP contribution in [0, 0.1) is 10.1 Å². The Balaban J connectivity index is 1.87. The first-order valence-corrected chi connectivity index (χ1v) is 7.36. The molecular formula is C15H20N2O5. The van der Waals surface area contributed by atoms with Crippen molar-refractivity contribution >= 4 is 11.4 Å². The molecule has 1 unspecified atom stereocenters. The van der Waals surface area contributed by atoms with Gasteiger partial charge in [-0.3, -0.25) is 10.1 Å². The first kappa shape index (κ1) is 15.2. The molecule has 2 saturated heterocycles. The lowest BCUT2D eigenvalue weighted by Gasteiger charge is -2.41. The Morgan fingerprint density at radius 2 is 2.32 bits per heavy atom. The summed E-state index contributed by atoms with van der Waals surface area (Å²) < 4.78 is 16.6. The first-order chi connectivity index (χ1) is 10.6. The van der Waals surface area contributed by atoms with E-state index in [0.717, 1.165) is 37.4 Å². The minimum atomic E-state index is -0.380. The molecule has 0 bridgehead atoms. The normalized spacial score (nSPS) is 24.9. The number of ether oxygens (including phenoxy) is 3. The molecular weight excluding hydrogens is 288 g/mol. The molecule has 0 aromatic heterocycles. The van der Waals surface area contributed by atoms with Gasteiger partial charge < -0.3 is 19.1 Å². The molecule has 0 aliphatic carbocycles. The van der Waals surface area contributed by atoms with E-state index in [9.17, 15) is 10.1 Å². The third-order valence-electron chi connectivity index (χ3n) is 4.23. The number of benzene rings is 1. The van der Waals surface area contributed by atoms with Crippen molar-refractivity contribution in [1.29, 1.82) is 0 Å². The fourth-order valence-electron chi connectivity index (χ4n) is 3.14. The number of non-ortho nitro benzene ring substituents is 1. The second-order valence-corrected chi connectivity index (χ2v) is 5.76. The standard InChI is InChI=1S/C15H20N2O5/c1-20-9-12-8-13(17(18)19)2-3-14(12)16-5-7-22-15(10-16)4-6-21-11-15/h2-3,8H,4-7,9-11H2,1H3. The van der Waals surface area contributed by atoms with Crippen LogP contribution in [0.15, 0.2) is 18.2 Å². The fraction of sp³-hybridized carbons (Fsp3) is 0.600. The molecule has 3 rings (SSSR count). The zero-order chi connectivity index (χ0) is 15.6. The van der Waals surface area contributed by atoms with Crippen molar-refractivity contribution in [1.82, 2.24) is 0 Å². The Labute approximate surface area is 128 Å². The minimum absolute atomic E-state index is 0.0861. The molecule has 2 aliphatic rings. The minimum Gasteiger partial charge on any atom is -0.380 e. The number of hydrogen-bond acceptors (Lipinski definition) is 6. The van der Waals surface area contributed by atoms with Crippen LogP contribution >= 0.6 is 0 Å². The average molecular weight is 308 g/mol. The van der Waals surface area contributed by atoms with Gasteiger partial charge in [-0.1, -0.05) is 0 Å². The molecule has 0 saturated carbocycles. The van der Waals surface area contributed by atoms with Crippen molar-refractivity contribution in [3.05, 3.63) is 33.9 Å². The van der Waals surface area contributed by atoms with Gasteiger partial charge in [0.05, 0.1) is 24.7 Å². The summed E-state index contributed by atoms with van der Waals surface area (Å²) in [6, 6.07) is 4.94. The summed E-state index contributed by atoms with van der Waals surface area (Å²) in [5.74, 6) is 0. The molecule has 2 fully saturated rings. The van der Waals surface area contributed by atoms with Crippen LogP contribution in [-0.2, 0) is 20.8 Å². The van der Waals surface area contributed by atoms with Crippen LogP contribution in [0.25, 0.3) is 0 Å². The molecule has 0 N–H and O–H groups in total. The lowest BCUT2D eigenvalue weighted by Crippen LogP contribution is -2.52. The highest BCUT2D eigenvalue weighted by atomic mass is 16.6. The number of hydrogen-bond donors (Lipinski definition) is 0. The average Bonchev–Trinajstić information content (AvgIpc) is 2.95. The van der Waals surface area contributed by atoms with Gasteiger partial charge in [-0.2, -0.15) is 0 Å². The summed E-state index contributed by atoms with van der Waals surface area (Å²) in [6.07, 6.45) is 0.885. The van der Waals surface area contributed by atoms with Crippen molar-refractivity contribution < 1.29 is 19.1 Å². The summed E-state index contributed by atoms with van der Waals surface area (Å²) in [5, 5.41) is 11.0. The second kappa shape index (κ2) is 6.20. The smallest absolute Gasteiger partial charge is 0.269 e. The van der Waals surface area contributed by atoms with E-state index in [4.69, 9.17) is 14.2 Å². The first-order valence-electron chi connectivity index (χ1n) is 7.36. The Morgan fingerprint density at radius 1 is 1.45 bits per heavy atom. The van der Waals surface area contributed by atoms with Crippen LogP contribution in [0.4, 0.5) is 11.4 Å². The van der Waals surface area contributed by atoms with Gasteiger partial charge in [0, 0.05) is 56.6 Å². The summed E-state index contributed by atoms with van der Waals surface area (Å²) in [4.78, 5) is 12.8. The quantitative estimate of drug-likeness (QED) is 0.623. The molecule has 1 atom stereocenters. The third-order valence-corrected chi connectivity index (χ3v) is 4.23. The maximum atomic E-state index is 11.0. The second-order valence-electron chi connectivity index (χ2n) is 5.76. The number of rotatable bonds is 4. The zero-order valence-corrected chi connectivity index (χ0v) is 12.6. The number of nitrogens with zero attached hydrogens (tertiary/aromatic N) is 2. The van der Waals surface area contributed by atoms with E-state index in [2.05, 4.69) is 4.90 Å². The fourth-order valence-corrected chi connectivity index (χ4v) is 3.14. The maximum Gasteiger partial charge on any atom is 0.269 e. The molecule has 7 heteroatoms. The summed E-state index contributed by atoms with van der Waals surface area (Å²) in [6.45, 7) is 3.80. The van der Waals surface area contributed by atoms with Crippen molar-refractivity contribution in [3.63, 3.8) is 0 Å². The van der Waals surface area contributed by atoms with Gasteiger partial charge in [0.1, 0.15) is 5.60 Å². The highest BCUT2D eigenvalue weighted by molar-refractivity contribution is 5.58. The van der Waals surface area contributed by atoms with Gasteiger partial charge in [0.15, 0.2) is 0 Å². The van der Waals surface area contributed by atoms with Gasteiger partial charge in [-0.15, -0.1) is 0 Å². The van der Waals surface area contributed by atoms with Crippen LogP contribution < -0.4 is 4.90 Å². The lowest BCUT2D eigenvalue weighted by molar-refractivity contribution is -0.384. The van der Waals surface area contributed by atoms with Crippen molar-refractivity contribution in [3.8, 4) is 0 Å². The van der Waals surface area contributed by atoms with E-state index in [1.807, 2.05) is 0 Å². The monoisotopic (exact) mass is 308 g/mol. The van der Waals surface area contributed by atoms with Crippen LogP contribution in [0.5, 0.6) is 0 Å². The van der Waals surface area contributed by atoms with E-state index in [0.29, 0.717) is 19.8 Å². The Kier molecular flexibility index (Phi) is 4.28. The summed E-state index contributed by atoms with van der Waals surface area (Å²) in [7, 11) is 1.59. The van der Waals surface area contributed by atoms with Gasteiger partial charge in [-0.25, -0.2) is 0 Å². The Hall–Kier alpha value is -1.70. The number of nitro groups is 1. The predicted molar refractivity (Wildman–Crippen MR) is 80.1 cm³/mol. The van der Waals surface area contributed by atoms with E-state index >= 15 is 0 Å². The molecule has 1 aromatic carbocycles. The van der Waals surface area contributed by atoms with Crippen molar-refractivity contribution in [2.45, 2.75) is 18.6 Å². The molecule has 0 amide bonds. The number of anilines is 1. The summed E-state index contributed by atoms with van der Waals surface area (Å²) >= 11 is 0. The van der Waals surface area contributed by atoms with Gasteiger partial charge >= 0.3 is 0 Å². The van der Waals surface area contributed by atoms with E-state index in [1.165, 1.54) is 0 Å². The van der Waals surface area contributed by atoms with E-state index < -0.39 is 0 Å². The molecule has 1 aromatic rings. The lowest BCUT2D eigenvalue weighted by atomic mass is 9.99.